The quantitative estimate of drug-likeness (QED) is 0.547. The number of hydrogen-bond donors (Lipinski definition) is 1. The summed E-state index contributed by atoms with van der Waals surface area (Å²) in [5.41, 5.74) is 2.18. The van der Waals surface area contributed by atoms with Gasteiger partial charge in [0.2, 0.25) is 21.8 Å². The Morgan fingerprint density at radius 1 is 1.03 bits per heavy atom. The Morgan fingerprint density at radius 2 is 1.64 bits per heavy atom. The molecule has 0 spiro atoms. The molecule has 9 heteroatoms. The molecule has 0 aromatic heterocycles. The summed E-state index contributed by atoms with van der Waals surface area (Å²) in [6, 6.07) is 13.0. The standard InChI is InChI=1S/C24H32ClN3O4S/c1-17(2)14-26-24(30)19(4)27(15-20-9-7-6-8-18(20)3)23(29)16-28(33(5,31)32)22-12-10-21(25)11-13-22/h6-13,17,19H,14-16H2,1-5H3,(H,26,30)/t19-/m1/s1. The van der Waals surface area contributed by atoms with Crippen molar-refractivity contribution in [3.05, 3.63) is 64.7 Å². The molecule has 0 aliphatic carbocycles. The summed E-state index contributed by atoms with van der Waals surface area (Å²) in [6.45, 7) is 7.77. The topological polar surface area (TPSA) is 86.8 Å². The summed E-state index contributed by atoms with van der Waals surface area (Å²) < 4.78 is 26.0. The SMILES string of the molecule is Cc1ccccc1CN(C(=O)CN(c1ccc(Cl)cc1)S(C)(=O)=O)[C@H](C)C(=O)NCC(C)C. The zero-order valence-corrected chi connectivity index (χ0v) is 21.3. The lowest BCUT2D eigenvalue weighted by Gasteiger charge is -2.32. The monoisotopic (exact) mass is 493 g/mol. The summed E-state index contributed by atoms with van der Waals surface area (Å²) in [5, 5.41) is 3.31. The molecule has 1 atom stereocenters. The van der Waals surface area contributed by atoms with Gasteiger partial charge in [0.25, 0.3) is 0 Å². The Bertz CT molecular complexity index is 1070. The number of amides is 2. The molecule has 7 nitrogen and oxygen atoms in total. The Balaban J connectivity index is 2.36. The van der Waals surface area contributed by atoms with Crippen molar-refractivity contribution in [1.29, 1.82) is 0 Å². The van der Waals surface area contributed by atoms with Gasteiger partial charge in [0.1, 0.15) is 12.6 Å². The Hall–Kier alpha value is -2.58. The molecule has 1 N–H and O–H groups in total. The van der Waals surface area contributed by atoms with Crippen LogP contribution in [0.3, 0.4) is 0 Å². The fraction of sp³-hybridized carbons (Fsp3) is 0.417. The van der Waals surface area contributed by atoms with Crippen LogP contribution in [0.15, 0.2) is 48.5 Å². The van der Waals surface area contributed by atoms with E-state index in [-0.39, 0.29) is 18.4 Å². The van der Waals surface area contributed by atoms with E-state index < -0.39 is 28.5 Å². The van der Waals surface area contributed by atoms with E-state index in [0.29, 0.717) is 17.3 Å². The minimum absolute atomic E-state index is 0.181. The van der Waals surface area contributed by atoms with Crippen molar-refractivity contribution in [1.82, 2.24) is 10.2 Å². The first-order valence-corrected chi connectivity index (χ1v) is 13.0. The molecule has 0 heterocycles. The summed E-state index contributed by atoms with van der Waals surface area (Å²) in [7, 11) is -3.77. The van der Waals surface area contributed by atoms with E-state index in [0.717, 1.165) is 21.7 Å². The highest BCUT2D eigenvalue weighted by Crippen LogP contribution is 2.21. The third kappa shape index (κ3) is 7.75. The predicted molar refractivity (Wildman–Crippen MR) is 133 cm³/mol. The zero-order valence-electron chi connectivity index (χ0n) is 19.7. The Morgan fingerprint density at radius 3 is 2.18 bits per heavy atom. The van der Waals surface area contributed by atoms with E-state index in [1.807, 2.05) is 45.0 Å². The molecule has 0 fully saturated rings. The first-order valence-electron chi connectivity index (χ1n) is 10.7. The van der Waals surface area contributed by atoms with Crippen LogP contribution in [0.1, 0.15) is 31.9 Å². The second kappa shape index (κ2) is 11.5. The average Bonchev–Trinajstić information content (AvgIpc) is 2.74. The van der Waals surface area contributed by atoms with Crippen LogP contribution >= 0.6 is 11.6 Å². The highest BCUT2D eigenvalue weighted by Gasteiger charge is 2.30. The van der Waals surface area contributed by atoms with Gasteiger partial charge in [-0.2, -0.15) is 0 Å². The second-order valence-electron chi connectivity index (χ2n) is 8.51. The number of carbonyl (C=O) groups is 2. The lowest BCUT2D eigenvalue weighted by atomic mass is 10.1. The fourth-order valence-corrected chi connectivity index (χ4v) is 4.20. The second-order valence-corrected chi connectivity index (χ2v) is 10.9. The maximum absolute atomic E-state index is 13.5. The highest BCUT2D eigenvalue weighted by molar-refractivity contribution is 7.92. The van der Waals surface area contributed by atoms with Gasteiger partial charge in [0.15, 0.2) is 0 Å². The van der Waals surface area contributed by atoms with Gasteiger partial charge in [-0.15, -0.1) is 0 Å². The summed E-state index contributed by atoms with van der Waals surface area (Å²) in [5.74, 6) is -0.513. The van der Waals surface area contributed by atoms with Crippen LogP contribution in [-0.2, 0) is 26.2 Å². The zero-order chi connectivity index (χ0) is 24.8. The van der Waals surface area contributed by atoms with Gasteiger partial charge in [-0.3, -0.25) is 13.9 Å². The van der Waals surface area contributed by atoms with E-state index in [9.17, 15) is 18.0 Å². The smallest absolute Gasteiger partial charge is 0.244 e. The van der Waals surface area contributed by atoms with Gasteiger partial charge in [-0.1, -0.05) is 49.7 Å². The first-order chi connectivity index (χ1) is 15.4. The number of halogens is 1. The van der Waals surface area contributed by atoms with Crippen molar-refractivity contribution in [2.45, 2.75) is 40.3 Å². The molecule has 2 rings (SSSR count). The molecule has 0 bridgehead atoms. The van der Waals surface area contributed by atoms with Crippen LogP contribution in [-0.4, -0.2) is 50.5 Å². The maximum atomic E-state index is 13.5. The normalized spacial score (nSPS) is 12.3. The summed E-state index contributed by atoms with van der Waals surface area (Å²) in [6.07, 6.45) is 1.04. The molecule has 0 aliphatic heterocycles. The lowest BCUT2D eigenvalue weighted by molar-refractivity contribution is -0.139. The maximum Gasteiger partial charge on any atom is 0.244 e. The number of anilines is 1. The first kappa shape index (κ1) is 26.7. The molecule has 2 aromatic carbocycles. The van der Waals surface area contributed by atoms with Crippen LogP contribution in [0.4, 0.5) is 5.69 Å². The Labute approximate surface area is 201 Å². The van der Waals surface area contributed by atoms with Crippen molar-refractivity contribution in [3.8, 4) is 0 Å². The molecule has 0 aliphatic rings. The minimum atomic E-state index is -3.77. The average molecular weight is 494 g/mol. The molecular weight excluding hydrogens is 462 g/mol. The van der Waals surface area contributed by atoms with Gasteiger partial charge in [0, 0.05) is 18.1 Å². The number of sulfonamides is 1. The number of rotatable bonds is 10. The van der Waals surface area contributed by atoms with Gasteiger partial charge in [-0.25, -0.2) is 8.42 Å². The molecule has 0 unspecified atom stereocenters. The van der Waals surface area contributed by atoms with Crippen LogP contribution < -0.4 is 9.62 Å². The van der Waals surface area contributed by atoms with E-state index in [1.165, 1.54) is 4.90 Å². The van der Waals surface area contributed by atoms with Gasteiger partial charge in [-0.05, 0) is 55.2 Å². The number of nitrogens with one attached hydrogen (secondary N) is 1. The molecule has 2 amide bonds. The number of aryl methyl sites for hydroxylation is 1. The predicted octanol–water partition coefficient (Wildman–Crippen LogP) is 3.60. The largest absolute Gasteiger partial charge is 0.354 e. The van der Waals surface area contributed by atoms with E-state index in [4.69, 9.17) is 11.6 Å². The number of nitrogens with zero attached hydrogens (tertiary/aromatic N) is 2. The third-order valence-electron chi connectivity index (χ3n) is 5.25. The van der Waals surface area contributed by atoms with Gasteiger partial charge >= 0.3 is 0 Å². The Kier molecular flexibility index (Phi) is 9.31. The van der Waals surface area contributed by atoms with Crippen molar-refractivity contribution in [3.63, 3.8) is 0 Å². The van der Waals surface area contributed by atoms with Crippen molar-refractivity contribution in [2.75, 3.05) is 23.7 Å². The van der Waals surface area contributed by atoms with Crippen LogP contribution in [0, 0.1) is 12.8 Å². The molecule has 2 aromatic rings. The molecule has 0 saturated heterocycles. The van der Waals surface area contributed by atoms with Crippen LogP contribution in [0.25, 0.3) is 0 Å². The molecule has 180 valence electrons. The molecule has 33 heavy (non-hydrogen) atoms. The molecular formula is C24H32ClN3O4S. The van der Waals surface area contributed by atoms with E-state index in [2.05, 4.69) is 5.32 Å². The number of benzene rings is 2. The molecule has 0 radical (unpaired) electrons. The summed E-state index contributed by atoms with van der Waals surface area (Å²) >= 11 is 5.93. The lowest BCUT2D eigenvalue weighted by Crippen LogP contribution is -2.51. The minimum Gasteiger partial charge on any atom is -0.354 e. The summed E-state index contributed by atoms with van der Waals surface area (Å²) in [4.78, 5) is 27.7. The third-order valence-corrected chi connectivity index (χ3v) is 6.64. The van der Waals surface area contributed by atoms with Crippen LogP contribution in [0.5, 0.6) is 0 Å². The molecule has 0 saturated carbocycles. The highest BCUT2D eigenvalue weighted by atomic mass is 35.5. The van der Waals surface area contributed by atoms with Crippen molar-refractivity contribution < 1.29 is 18.0 Å². The fourth-order valence-electron chi connectivity index (χ4n) is 3.23. The van der Waals surface area contributed by atoms with Gasteiger partial charge in [0.05, 0.1) is 11.9 Å². The van der Waals surface area contributed by atoms with Crippen molar-refractivity contribution >= 4 is 39.1 Å². The van der Waals surface area contributed by atoms with Crippen molar-refractivity contribution in [2.24, 2.45) is 5.92 Å². The van der Waals surface area contributed by atoms with E-state index in [1.54, 1.807) is 31.2 Å². The number of hydrogen-bond acceptors (Lipinski definition) is 4. The van der Waals surface area contributed by atoms with Crippen LogP contribution in [0.2, 0.25) is 5.02 Å². The van der Waals surface area contributed by atoms with E-state index >= 15 is 0 Å². The van der Waals surface area contributed by atoms with Gasteiger partial charge < -0.3 is 10.2 Å². The number of carbonyl (C=O) groups excluding carboxylic acids is 2.